The highest BCUT2D eigenvalue weighted by molar-refractivity contribution is 5.85. The molecular weight excluding hydrogens is 370 g/mol. The maximum atomic E-state index is 12.4. The van der Waals surface area contributed by atoms with E-state index in [-0.39, 0.29) is 42.0 Å². The molecule has 1 rings (SSSR count). The topological polar surface area (TPSA) is 122 Å². The molecule has 2 atom stereocenters. The van der Waals surface area contributed by atoms with Crippen LogP contribution in [0.3, 0.4) is 0 Å². The molecule has 8 heteroatoms. The maximum absolute atomic E-state index is 12.4. The summed E-state index contributed by atoms with van der Waals surface area (Å²) in [6.07, 6.45) is 3.56. The molecule has 7 nitrogen and oxygen atoms in total. The molecule has 0 aromatic carbocycles. The first-order valence-electron chi connectivity index (χ1n) is 9.68. The van der Waals surface area contributed by atoms with Gasteiger partial charge in [-0.05, 0) is 49.9 Å². The third-order valence-electron chi connectivity index (χ3n) is 5.13. The number of aliphatic carboxylic acids is 1. The molecule has 0 aliphatic heterocycles. The second kappa shape index (κ2) is 12.2. The SMILES string of the molecule is CC(C)C[C@@H](NC(=O)C1CCC(CNC(=O)[C@@H](N)C(C)C)CC1)C(=O)O.Cl. The van der Waals surface area contributed by atoms with Crippen LogP contribution in [0.2, 0.25) is 0 Å². The van der Waals surface area contributed by atoms with Gasteiger partial charge in [0.05, 0.1) is 6.04 Å². The molecule has 0 unspecified atom stereocenters. The molecule has 0 spiro atoms. The highest BCUT2D eigenvalue weighted by atomic mass is 35.5. The van der Waals surface area contributed by atoms with Gasteiger partial charge in [0.2, 0.25) is 11.8 Å². The van der Waals surface area contributed by atoms with Crippen molar-refractivity contribution in [3.63, 3.8) is 0 Å². The lowest BCUT2D eigenvalue weighted by Gasteiger charge is -2.29. The zero-order chi connectivity index (χ0) is 19.9. The summed E-state index contributed by atoms with van der Waals surface area (Å²) in [5.74, 6) is -0.775. The van der Waals surface area contributed by atoms with Crippen molar-refractivity contribution in [3.8, 4) is 0 Å². The minimum atomic E-state index is -0.982. The van der Waals surface area contributed by atoms with Crippen LogP contribution in [-0.2, 0) is 14.4 Å². The van der Waals surface area contributed by atoms with Crippen LogP contribution in [0.25, 0.3) is 0 Å². The molecule has 1 fully saturated rings. The molecule has 1 aliphatic carbocycles. The molecule has 27 heavy (non-hydrogen) atoms. The van der Waals surface area contributed by atoms with Gasteiger partial charge in [-0.2, -0.15) is 0 Å². The number of carboxylic acid groups (broad SMARTS) is 1. The highest BCUT2D eigenvalue weighted by Crippen LogP contribution is 2.28. The molecule has 0 aromatic heterocycles. The van der Waals surface area contributed by atoms with Crippen molar-refractivity contribution >= 4 is 30.2 Å². The van der Waals surface area contributed by atoms with Gasteiger partial charge in [-0.15, -0.1) is 12.4 Å². The van der Waals surface area contributed by atoms with Gasteiger partial charge >= 0.3 is 5.97 Å². The summed E-state index contributed by atoms with van der Waals surface area (Å²) < 4.78 is 0. The van der Waals surface area contributed by atoms with Crippen molar-refractivity contribution in [2.24, 2.45) is 29.4 Å². The first-order valence-corrected chi connectivity index (χ1v) is 9.68. The number of halogens is 1. The smallest absolute Gasteiger partial charge is 0.326 e. The number of nitrogens with one attached hydrogen (secondary N) is 2. The average molecular weight is 406 g/mol. The molecule has 0 bridgehead atoms. The summed E-state index contributed by atoms with van der Waals surface area (Å²) in [5.41, 5.74) is 5.83. The van der Waals surface area contributed by atoms with Gasteiger partial charge in [0.25, 0.3) is 0 Å². The summed E-state index contributed by atoms with van der Waals surface area (Å²) in [4.78, 5) is 35.6. The fourth-order valence-corrected chi connectivity index (χ4v) is 3.28. The number of amides is 2. The Bertz CT molecular complexity index is 491. The first-order chi connectivity index (χ1) is 12.1. The number of rotatable bonds is 9. The summed E-state index contributed by atoms with van der Waals surface area (Å²) in [6.45, 7) is 8.29. The van der Waals surface area contributed by atoms with E-state index >= 15 is 0 Å². The van der Waals surface area contributed by atoms with Crippen molar-refractivity contribution < 1.29 is 19.5 Å². The number of hydrogen-bond donors (Lipinski definition) is 4. The zero-order valence-electron chi connectivity index (χ0n) is 16.9. The Balaban J connectivity index is 0.00000676. The second-order valence-corrected chi connectivity index (χ2v) is 8.26. The van der Waals surface area contributed by atoms with E-state index in [2.05, 4.69) is 10.6 Å². The Morgan fingerprint density at radius 3 is 2.07 bits per heavy atom. The Kier molecular flexibility index (Phi) is 11.6. The zero-order valence-corrected chi connectivity index (χ0v) is 17.7. The normalized spacial score (nSPS) is 21.9. The molecule has 0 radical (unpaired) electrons. The van der Waals surface area contributed by atoms with Gasteiger partial charge in [0.1, 0.15) is 6.04 Å². The van der Waals surface area contributed by atoms with E-state index < -0.39 is 18.1 Å². The largest absolute Gasteiger partial charge is 0.480 e. The molecular formula is C19H36ClN3O4. The molecule has 5 N–H and O–H groups in total. The van der Waals surface area contributed by atoms with Crippen LogP contribution in [0, 0.1) is 23.7 Å². The second-order valence-electron chi connectivity index (χ2n) is 8.26. The van der Waals surface area contributed by atoms with E-state index in [4.69, 9.17) is 5.73 Å². The third kappa shape index (κ3) is 8.93. The van der Waals surface area contributed by atoms with Gasteiger partial charge in [-0.3, -0.25) is 9.59 Å². The van der Waals surface area contributed by atoms with Crippen molar-refractivity contribution in [2.75, 3.05) is 6.54 Å². The Hall–Kier alpha value is -1.34. The molecule has 0 aromatic rings. The van der Waals surface area contributed by atoms with Gasteiger partial charge in [0.15, 0.2) is 0 Å². The monoisotopic (exact) mass is 405 g/mol. The van der Waals surface area contributed by atoms with Crippen LogP contribution in [-0.4, -0.2) is 41.5 Å². The lowest BCUT2D eigenvalue weighted by molar-refractivity contribution is -0.143. The highest BCUT2D eigenvalue weighted by Gasteiger charge is 2.30. The summed E-state index contributed by atoms with van der Waals surface area (Å²) >= 11 is 0. The van der Waals surface area contributed by atoms with Crippen LogP contribution in [0.5, 0.6) is 0 Å². The van der Waals surface area contributed by atoms with Crippen molar-refractivity contribution in [2.45, 2.75) is 71.9 Å². The van der Waals surface area contributed by atoms with Crippen LogP contribution >= 0.6 is 12.4 Å². The van der Waals surface area contributed by atoms with E-state index in [0.717, 1.165) is 25.7 Å². The van der Waals surface area contributed by atoms with Gasteiger partial charge in [-0.1, -0.05) is 27.7 Å². The van der Waals surface area contributed by atoms with Crippen molar-refractivity contribution in [3.05, 3.63) is 0 Å². The Morgan fingerprint density at radius 1 is 1.07 bits per heavy atom. The molecule has 0 heterocycles. The van der Waals surface area contributed by atoms with E-state index in [0.29, 0.717) is 18.9 Å². The number of hydrogen-bond acceptors (Lipinski definition) is 4. The standard InChI is InChI=1S/C19H35N3O4.ClH/c1-11(2)9-15(19(25)26)22-17(23)14-7-5-13(6-8-14)10-21-18(24)16(20)12(3)4;/h11-16H,5-10,20H2,1-4H3,(H,21,24)(H,22,23)(H,25,26);1H/t13?,14?,15-,16+;/m1./s1. The summed E-state index contributed by atoms with van der Waals surface area (Å²) in [7, 11) is 0. The van der Waals surface area contributed by atoms with E-state index in [1.54, 1.807) is 0 Å². The van der Waals surface area contributed by atoms with Gasteiger partial charge in [-0.25, -0.2) is 4.79 Å². The lowest BCUT2D eigenvalue weighted by atomic mass is 9.81. The Labute approximate surface area is 168 Å². The Morgan fingerprint density at radius 2 is 1.63 bits per heavy atom. The number of nitrogens with two attached hydrogens (primary N) is 1. The number of carbonyl (C=O) groups is 3. The van der Waals surface area contributed by atoms with E-state index in [1.807, 2.05) is 27.7 Å². The quantitative estimate of drug-likeness (QED) is 0.467. The van der Waals surface area contributed by atoms with Crippen molar-refractivity contribution in [1.29, 1.82) is 0 Å². The van der Waals surface area contributed by atoms with Crippen LogP contribution in [0.15, 0.2) is 0 Å². The number of carbonyl (C=O) groups excluding carboxylic acids is 2. The minimum absolute atomic E-state index is 0. The van der Waals surface area contributed by atoms with Gasteiger partial charge < -0.3 is 21.5 Å². The first kappa shape index (κ1) is 25.7. The molecule has 158 valence electrons. The summed E-state index contributed by atoms with van der Waals surface area (Å²) in [6, 6.07) is -1.32. The predicted octanol–water partition coefficient (Wildman–Crippen LogP) is 1.93. The van der Waals surface area contributed by atoms with Crippen LogP contribution in [0.4, 0.5) is 0 Å². The van der Waals surface area contributed by atoms with E-state index in [9.17, 15) is 19.5 Å². The lowest BCUT2D eigenvalue weighted by Crippen LogP contribution is -2.46. The average Bonchev–Trinajstić information content (AvgIpc) is 2.58. The predicted molar refractivity (Wildman–Crippen MR) is 108 cm³/mol. The fraction of sp³-hybridized carbons (Fsp3) is 0.842. The fourth-order valence-electron chi connectivity index (χ4n) is 3.28. The summed E-state index contributed by atoms with van der Waals surface area (Å²) in [5, 5.41) is 14.8. The molecule has 1 saturated carbocycles. The minimum Gasteiger partial charge on any atom is -0.480 e. The van der Waals surface area contributed by atoms with Crippen molar-refractivity contribution in [1.82, 2.24) is 10.6 Å². The van der Waals surface area contributed by atoms with E-state index in [1.165, 1.54) is 0 Å². The number of carboxylic acids is 1. The van der Waals surface area contributed by atoms with Crippen LogP contribution < -0.4 is 16.4 Å². The molecule has 0 saturated heterocycles. The molecule has 2 amide bonds. The maximum Gasteiger partial charge on any atom is 0.326 e. The van der Waals surface area contributed by atoms with Gasteiger partial charge in [0, 0.05) is 12.5 Å². The molecule has 1 aliphatic rings. The van der Waals surface area contributed by atoms with Crippen LogP contribution in [0.1, 0.15) is 59.8 Å². The third-order valence-corrected chi connectivity index (χ3v) is 5.13.